The minimum atomic E-state index is -0.363. The third kappa shape index (κ3) is 3.90. The Morgan fingerprint density at radius 3 is 2.67 bits per heavy atom. The highest BCUT2D eigenvalue weighted by Gasteiger charge is 2.20. The molecule has 2 rings (SSSR count). The van der Waals surface area contributed by atoms with E-state index in [1.54, 1.807) is 23.5 Å². The highest BCUT2D eigenvalue weighted by molar-refractivity contribution is 9.11. The van der Waals surface area contributed by atoms with E-state index in [1.807, 2.05) is 19.1 Å². The van der Waals surface area contributed by atoms with Gasteiger partial charge in [-0.05, 0) is 65.5 Å². The molecule has 1 unspecified atom stereocenters. The zero-order valence-corrected chi connectivity index (χ0v) is 12.5. The Kier molecular flexibility index (Phi) is 4.20. The molecular formula is C14H15BrFNS. The summed E-state index contributed by atoms with van der Waals surface area (Å²) < 4.78 is 14.2. The molecule has 1 atom stereocenters. The lowest BCUT2D eigenvalue weighted by Gasteiger charge is -2.24. The molecule has 2 aromatic rings. The molecule has 0 saturated heterocycles. The zero-order valence-electron chi connectivity index (χ0n) is 10.1. The first-order valence-electron chi connectivity index (χ1n) is 5.72. The van der Waals surface area contributed by atoms with E-state index in [-0.39, 0.29) is 11.4 Å². The molecule has 4 heteroatoms. The maximum atomic E-state index is 13.1. The van der Waals surface area contributed by atoms with Crippen LogP contribution in [0.2, 0.25) is 0 Å². The second-order valence-electron chi connectivity index (χ2n) is 4.84. The van der Waals surface area contributed by atoms with E-state index in [0.29, 0.717) is 6.42 Å². The van der Waals surface area contributed by atoms with Gasteiger partial charge >= 0.3 is 0 Å². The summed E-state index contributed by atoms with van der Waals surface area (Å²) in [6, 6.07) is 10.7. The van der Waals surface area contributed by atoms with Crippen molar-refractivity contribution in [1.29, 1.82) is 0 Å². The molecule has 0 aliphatic heterocycles. The van der Waals surface area contributed by atoms with Crippen molar-refractivity contribution in [1.82, 2.24) is 0 Å². The Morgan fingerprint density at radius 2 is 2.06 bits per heavy atom. The summed E-state index contributed by atoms with van der Waals surface area (Å²) in [5, 5.41) is 0. The van der Waals surface area contributed by atoms with Crippen LogP contribution in [0, 0.1) is 5.82 Å². The highest BCUT2D eigenvalue weighted by Crippen LogP contribution is 2.26. The van der Waals surface area contributed by atoms with Gasteiger partial charge in [-0.2, -0.15) is 0 Å². The Labute approximate surface area is 119 Å². The van der Waals surface area contributed by atoms with Crippen molar-refractivity contribution in [3.63, 3.8) is 0 Å². The Balaban J connectivity index is 2.07. The summed E-state index contributed by atoms with van der Waals surface area (Å²) >= 11 is 5.14. The van der Waals surface area contributed by atoms with E-state index in [1.165, 1.54) is 10.9 Å². The minimum Gasteiger partial charge on any atom is -0.325 e. The summed E-state index contributed by atoms with van der Waals surface area (Å²) in [7, 11) is 0. The molecule has 96 valence electrons. The van der Waals surface area contributed by atoms with Crippen LogP contribution in [0.15, 0.2) is 40.2 Å². The Hall–Kier alpha value is -0.710. The monoisotopic (exact) mass is 327 g/mol. The van der Waals surface area contributed by atoms with Crippen LogP contribution in [0.25, 0.3) is 0 Å². The number of benzene rings is 1. The normalized spacial score (nSPS) is 14.4. The minimum absolute atomic E-state index is 0.206. The average molecular weight is 328 g/mol. The van der Waals surface area contributed by atoms with E-state index in [9.17, 15) is 4.39 Å². The predicted molar refractivity (Wildman–Crippen MR) is 78.4 cm³/mol. The van der Waals surface area contributed by atoms with Crippen LogP contribution >= 0.6 is 27.3 Å². The van der Waals surface area contributed by atoms with Crippen molar-refractivity contribution in [2.24, 2.45) is 5.73 Å². The van der Waals surface area contributed by atoms with Crippen LogP contribution in [0.5, 0.6) is 0 Å². The predicted octanol–water partition coefficient (Wildman–Crippen LogP) is 4.15. The molecule has 0 spiro atoms. The summed E-state index contributed by atoms with van der Waals surface area (Å²) in [5.41, 5.74) is 6.89. The standard InChI is InChI=1S/C14H15BrFNS/c1-14(17,9-12-5-6-13(15)18-12)8-10-3-2-4-11(16)7-10/h2-7H,8-9,17H2,1H3. The first kappa shape index (κ1) is 13.7. The van der Waals surface area contributed by atoms with E-state index >= 15 is 0 Å². The van der Waals surface area contributed by atoms with Gasteiger partial charge in [0.1, 0.15) is 5.82 Å². The van der Waals surface area contributed by atoms with Crippen molar-refractivity contribution in [2.75, 3.05) is 0 Å². The Bertz CT molecular complexity index is 536. The van der Waals surface area contributed by atoms with Gasteiger partial charge < -0.3 is 5.73 Å². The number of nitrogens with two attached hydrogens (primary N) is 1. The fourth-order valence-corrected chi connectivity index (χ4v) is 3.70. The summed E-state index contributed by atoms with van der Waals surface area (Å²) in [6.07, 6.45) is 1.46. The molecular weight excluding hydrogens is 313 g/mol. The number of halogens is 2. The smallest absolute Gasteiger partial charge is 0.123 e. The molecule has 1 aromatic heterocycles. The molecule has 0 bridgehead atoms. The molecule has 2 N–H and O–H groups in total. The van der Waals surface area contributed by atoms with Crippen LogP contribution < -0.4 is 5.73 Å². The number of hydrogen-bond acceptors (Lipinski definition) is 2. The van der Waals surface area contributed by atoms with E-state index < -0.39 is 0 Å². The lowest BCUT2D eigenvalue weighted by atomic mass is 9.90. The van der Waals surface area contributed by atoms with Crippen LogP contribution in [0.1, 0.15) is 17.4 Å². The molecule has 1 heterocycles. The zero-order chi connectivity index (χ0) is 13.2. The molecule has 0 fully saturated rings. The van der Waals surface area contributed by atoms with E-state index in [2.05, 4.69) is 22.0 Å². The van der Waals surface area contributed by atoms with Gasteiger partial charge in [-0.1, -0.05) is 12.1 Å². The Morgan fingerprint density at radius 1 is 1.28 bits per heavy atom. The fraction of sp³-hybridized carbons (Fsp3) is 0.286. The molecule has 0 aliphatic rings. The molecule has 0 radical (unpaired) electrons. The summed E-state index contributed by atoms with van der Waals surface area (Å²) in [4.78, 5) is 1.24. The molecule has 0 aliphatic carbocycles. The third-order valence-corrected chi connectivity index (χ3v) is 4.33. The number of rotatable bonds is 4. The van der Waals surface area contributed by atoms with Gasteiger partial charge in [0.15, 0.2) is 0 Å². The van der Waals surface area contributed by atoms with Gasteiger partial charge in [-0.25, -0.2) is 4.39 Å². The SMILES string of the molecule is CC(N)(Cc1cccc(F)c1)Cc1ccc(Br)s1. The number of thiophene rings is 1. The van der Waals surface area contributed by atoms with Crippen molar-refractivity contribution < 1.29 is 4.39 Å². The van der Waals surface area contributed by atoms with Crippen LogP contribution in [-0.4, -0.2) is 5.54 Å². The lowest BCUT2D eigenvalue weighted by Crippen LogP contribution is -2.40. The second kappa shape index (κ2) is 5.51. The highest BCUT2D eigenvalue weighted by atomic mass is 79.9. The van der Waals surface area contributed by atoms with Crippen LogP contribution in [0.3, 0.4) is 0 Å². The second-order valence-corrected chi connectivity index (χ2v) is 7.39. The van der Waals surface area contributed by atoms with E-state index in [0.717, 1.165) is 15.8 Å². The van der Waals surface area contributed by atoms with Crippen LogP contribution in [0.4, 0.5) is 4.39 Å². The van der Waals surface area contributed by atoms with Gasteiger partial charge in [-0.15, -0.1) is 11.3 Å². The number of hydrogen-bond donors (Lipinski definition) is 1. The molecule has 18 heavy (non-hydrogen) atoms. The van der Waals surface area contributed by atoms with Crippen molar-refractivity contribution >= 4 is 27.3 Å². The van der Waals surface area contributed by atoms with Crippen molar-refractivity contribution in [2.45, 2.75) is 25.3 Å². The molecule has 1 aromatic carbocycles. The van der Waals surface area contributed by atoms with Gasteiger partial charge in [0.25, 0.3) is 0 Å². The molecule has 0 amide bonds. The summed E-state index contributed by atoms with van der Waals surface area (Å²) in [5.74, 6) is -0.206. The van der Waals surface area contributed by atoms with E-state index in [4.69, 9.17) is 5.73 Å². The maximum Gasteiger partial charge on any atom is 0.123 e. The third-order valence-electron chi connectivity index (χ3n) is 2.70. The van der Waals surface area contributed by atoms with Gasteiger partial charge in [0.2, 0.25) is 0 Å². The largest absolute Gasteiger partial charge is 0.325 e. The van der Waals surface area contributed by atoms with Gasteiger partial charge in [0, 0.05) is 10.4 Å². The van der Waals surface area contributed by atoms with Crippen molar-refractivity contribution in [3.8, 4) is 0 Å². The lowest BCUT2D eigenvalue weighted by molar-refractivity contribution is 0.465. The quantitative estimate of drug-likeness (QED) is 0.896. The van der Waals surface area contributed by atoms with Crippen LogP contribution in [-0.2, 0) is 12.8 Å². The van der Waals surface area contributed by atoms with Gasteiger partial charge in [-0.3, -0.25) is 0 Å². The van der Waals surface area contributed by atoms with Crippen molar-refractivity contribution in [3.05, 3.63) is 56.4 Å². The summed E-state index contributed by atoms with van der Waals surface area (Å²) in [6.45, 7) is 2.01. The first-order chi connectivity index (χ1) is 8.44. The topological polar surface area (TPSA) is 26.0 Å². The first-order valence-corrected chi connectivity index (χ1v) is 7.33. The maximum absolute atomic E-state index is 13.1. The van der Waals surface area contributed by atoms with Gasteiger partial charge in [0.05, 0.1) is 3.79 Å². The average Bonchev–Trinajstić information content (AvgIpc) is 2.62. The molecule has 0 saturated carbocycles. The molecule has 1 nitrogen and oxygen atoms in total. The fourth-order valence-electron chi connectivity index (χ4n) is 2.02.